The molecule has 2 aromatic rings. The lowest BCUT2D eigenvalue weighted by molar-refractivity contribution is 0.0956. The maximum Gasteiger partial charge on any atom is 0.254 e. The van der Waals surface area contributed by atoms with Crippen LogP contribution in [0, 0.1) is 6.92 Å². The molecule has 0 spiro atoms. The Kier molecular flexibility index (Phi) is 6.62. The topological polar surface area (TPSA) is 29.1 Å². The average molecular weight is 354 g/mol. The summed E-state index contributed by atoms with van der Waals surface area (Å²) in [4.78, 5) is 12.1. The molecule has 5 heteroatoms. The first-order valence-corrected chi connectivity index (χ1v) is 8.84. The highest BCUT2D eigenvalue weighted by molar-refractivity contribution is 7.98. The molecule has 0 bridgehead atoms. The van der Waals surface area contributed by atoms with Crippen LogP contribution in [0.2, 0.25) is 10.0 Å². The zero-order valence-electron chi connectivity index (χ0n) is 12.2. The molecule has 1 N–H and O–H groups in total. The lowest BCUT2D eigenvalue weighted by Crippen LogP contribution is -2.26. The van der Waals surface area contributed by atoms with Gasteiger partial charge in [0, 0.05) is 18.1 Å². The molecule has 0 aliphatic rings. The first-order chi connectivity index (χ1) is 10.6. The molecule has 1 amide bonds. The van der Waals surface area contributed by atoms with Crippen LogP contribution in [0.1, 0.15) is 21.5 Å². The van der Waals surface area contributed by atoms with E-state index in [0.717, 1.165) is 11.5 Å². The fourth-order valence-electron chi connectivity index (χ4n) is 1.91. The van der Waals surface area contributed by atoms with Crippen LogP contribution in [-0.4, -0.2) is 18.2 Å². The number of carbonyl (C=O) groups is 1. The molecule has 0 radical (unpaired) electrons. The summed E-state index contributed by atoms with van der Waals surface area (Å²) in [5.41, 5.74) is 2.89. The maximum atomic E-state index is 12.1. The molecule has 2 aromatic carbocycles. The lowest BCUT2D eigenvalue weighted by Gasteiger charge is -2.08. The minimum atomic E-state index is -0.230. The third-order valence-corrected chi connectivity index (χ3v) is 4.77. The molecule has 0 saturated heterocycles. The van der Waals surface area contributed by atoms with Crippen molar-refractivity contribution in [2.24, 2.45) is 0 Å². The number of nitrogens with one attached hydrogen (secondary N) is 1. The Morgan fingerprint density at radius 3 is 2.36 bits per heavy atom. The Hall–Kier alpha value is -1.16. The van der Waals surface area contributed by atoms with Gasteiger partial charge in [-0.3, -0.25) is 4.79 Å². The van der Waals surface area contributed by atoms with Gasteiger partial charge < -0.3 is 5.32 Å². The van der Waals surface area contributed by atoms with E-state index in [1.54, 1.807) is 30.0 Å². The minimum Gasteiger partial charge on any atom is -0.351 e. The molecule has 2 nitrogen and oxygen atoms in total. The van der Waals surface area contributed by atoms with Crippen molar-refractivity contribution < 1.29 is 4.79 Å². The number of rotatable bonds is 6. The smallest absolute Gasteiger partial charge is 0.254 e. The Balaban J connectivity index is 1.74. The SMILES string of the molecule is Cc1ccc(CSCCNC(=O)c2c(Cl)cccc2Cl)cc1. The van der Waals surface area contributed by atoms with E-state index in [2.05, 4.69) is 36.5 Å². The molecule has 22 heavy (non-hydrogen) atoms. The van der Waals surface area contributed by atoms with Crippen LogP contribution in [0.5, 0.6) is 0 Å². The first kappa shape index (κ1) is 17.2. The fraction of sp³-hybridized carbons (Fsp3) is 0.235. The molecule has 0 atom stereocenters. The number of benzene rings is 2. The molecule has 0 unspecified atom stereocenters. The average Bonchev–Trinajstić information content (AvgIpc) is 2.48. The number of halogens is 2. The summed E-state index contributed by atoms with van der Waals surface area (Å²) in [6.07, 6.45) is 0. The van der Waals surface area contributed by atoms with E-state index in [-0.39, 0.29) is 5.91 Å². The van der Waals surface area contributed by atoms with Crippen LogP contribution >= 0.6 is 35.0 Å². The van der Waals surface area contributed by atoms with E-state index in [0.29, 0.717) is 22.2 Å². The molecule has 116 valence electrons. The third-order valence-electron chi connectivity index (χ3n) is 3.11. The Labute approximate surface area is 145 Å². The van der Waals surface area contributed by atoms with E-state index in [1.165, 1.54) is 11.1 Å². The number of hydrogen-bond donors (Lipinski definition) is 1. The highest BCUT2D eigenvalue weighted by Crippen LogP contribution is 2.23. The second-order valence-electron chi connectivity index (χ2n) is 4.89. The minimum absolute atomic E-state index is 0.230. The van der Waals surface area contributed by atoms with E-state index >= 15 is 0 Å². The highest BCUT2D eigenvalue weighted by Gasteiger charge is 2.13. The monoisotopic (exact) mass is 353 g/mol. The Bertz CT molecular complexity index is 623. The zero-order valence-corrected chi connectivity index (χ0v) is 14.6. The van der Waals surface area contributed by atoms with Crippen molar-refractivity contribution in [2.45, 2.75) is 12.7 Å². The van der Waals surface area contributed by atoms with Crippen LogP contribution in [0.4, 0.5) is 0 Å². The number of thioether (sulfide) groups is 1. The second kappa shape index (κ2) is 8.47. The molecule has 0 heterocycles. The van der Waals surface area contributed by atoms with Gasteiger partial charge in [0.25, 0.3) is 5.91 Å². The van der Waals surface area contributed by atoms with Crippen LogP contribution < -0.4 is 5.32 Å². The second-order valence-corrected chi connectivity index (χ2v) is 6.81. The van der Waals surface area contributed by atoms with Gasteiger partial charge in [0.05, 0.1) is 15.6 Å². The van der Waals surface area contributed by atoms with Crippen LogP contribution in [0.25, 0.3) is 0 Å². The predicted octanol–water partition coefficient (Wildman–Crippen LogP) is 4.97. The number of amides is 1. The zero-order chi connectivity index (χ0) is 15.9. The van der Waals surface area contributed by atoms with Crippen LogP contribution in [0.15, 0.2) is 42.5 Å². The summed E-state index contributed by atoms with van der Waals surface area (Å²) in [6.45, 7) is 2.66. The van der Waals surface area contributed by atoms with Crippen molar-refractivity contribution in [3.05, 3.63) is 69.2 Å². The summed E-state index contributed by atoms with van der Waals surface area (Å²) in [5, 5.41) is 3.59. The van der Waals surface area contributed by atoms with Gasteiger partial charge in [-0.05, 0) is 24.6 Å². The van der Waals surface area contributed by atoms with E-state index < -0.39 is 0 Å². The lowest BCUT2D eigenvalue weighted by atomic mass is 10.2. The molecule has 0 aliphatic heterocycles. The van der Waals surface area contributed by atoms with Crippen molar-refractivity contribution in [2.75, 3.05) is 12.3 Å². The fourth-order valence-corrected chi connectivity index (χ4v) is 3.30. The van der Waals surface area contributed by atoms with Crippen molar-refractivity contribution in [3.8, 4) is 0 Å². The summed E-state index contributed by atoms with van der Waals surface area (Å²) < 4.78 is 0. The maximum absolute atomic E-state index is 12.1. The number of hydrogen-bond acceptors (Lipinski definition) is 2. The number of carbonyl (C=O) groups excluding carboxylic acids is 1. The van der Waals surface area contributed by atoms with Gasteiger partial charge >= 0.3 is 0 Å². The first-order valence-electron chi connectivity index (χ1n) is 6.93. The van der Waals surface area contributed by atoms with Gasteiger partial charge in [-0.25, -0.2) is 0 Å². The summed E-state index contributed by atoms with van der Waals surface area (Å²) in [7, 11) is 0. The van der Waals surface area contributed by atoms with Gasteiger partial charge in [0.1, 0.15) is 0 Å². The van der Waals surface area contributed by atoms with E-state index in [1.807, 2.05) is 0 Å². The van der Waals surface area contributed by atoms with Crippen LogP contribution in [0.3, 0.4) is 0 Å². The van der Waals surface area contributed by atoms with Gasteiger partial charge in [0.15, 0.2) is 0 Å². The van der Waals surface area contributed by atoms with Gasteiger partial charge in [-0.15, -0.1) is 0 Å². The molecule has 2 rings (SSSR count). The molecule has 0 aliphatic carbocycles. The quantitative estimate of drug-likeness (QED) is 0.743. The van der Waals surface area contributed by atoms with Gasteiger partial charge in [-0.2, -0.15) is 11.8 Å². The van der Waals surface area contributed by atoms with Gasteiger partial charge in [0.2, 0.25) is 0 Å². The summed E-state index contributed by atoms with van der Waals surface area (Å²) >= 11 is 13.8. The van der Waals surface area contributed by atoms with E-state index in [4.69, 9.17) is 23.2 Å². The van der Waals surface area contributed by atoms with E-state index in [9.17, 15) is 4.79 Å². The Morgan fingerprint density at radius 2 is 1.73 bits per heavy atom. The molecule has 0 fully saturated rings. The standard InChI is InChI=1S/C17H17Cl2NOS/c1-12-5-7-13(8-6-12)11-22-10-9-20-17(21)16-14(18)3-2-4-15(16)19/h2-8H,9-11H2,1H3,(H,20,21). The van der Waals surface area contributed by atoms with Gasteiger partial charge in [-0.1, -0.05) is 59.1 Å². The molecule has 0 aromatic heterocycles. The molecular formula is C17H17Cl2NOS. The van der Waals surface area contributed by atoms with Crippen molar-refractivity contribution in [3.63, 3.8) is 0 Å². The van der Waals surface area contributed by atoms with Crippen LogP contribution in [-0.2, 0) is 5.75 Å². The largest absolute Gasteiger partial charge is 0.351 e. The van der Waals surface area contributed by atoms with Crippen molar-refractivity contribution in [1.82, 2.24) is 5.32 Å². The molecule has 0 saturated carbocycles. The third kappa shape index (κ3) is 4.94. The number of aryl methyl sites for hydroxylation is 1. The predicted molar refractivity (Wildman–Crippen MR) is 96.1 cm³/mol. The summed E-state index contributed by atoms with van der Waals surface area (Å²) in [5.74, 6) is 1.54. The summed E-state index contributed by atoms with van der Waals surface area (Å²) in [6, 6.07) is 13.5. The highest BCUT2D eigenvalue weighted by atomic mass is 35.5. The van der Waals surface area contributed by atoms with Crippen molar-refractivity contribution in [1.29, 1.82) is 0 Å². The molecular weight excluding hydrogens is 337 g/mol. The normalized spacial score (nSPS) is 10.5. The Morgan fingerprint density at radius 1 is 1.09 bits per heavy atom. The van der Waals surface area contributed by atoms with Crippen molar-refractivity contribution >= 4 is 40.9 Å².